The van der Waals surface area contributed by atoms with Gasteiger partial charge in [0.15, 0.2) is 0 Å². The maximum absolute atomic E-state index is 12.7. The van der Waals surface area contributed by atoms with Crippen molar-refractivity contribution >= 4 is 5.97 Å². The highest BCUT2D eigenvalue weighted by molar-refractivity contribution is 5.67. The van der Waals surface area contributed by atoms with Gasteiger partial charge in [0.05, 0.1) is 12.3 Å². The first-order valence-electron chi connectivity index (χ1n) is 6.34. The van der Waals surface area contributed by atoms with E-state index in [1.165, 1.54) is 0 Å². The predicted octanol–water partition coefficient (Wildman–Crippen LogP) is 2.94. The second kappa shape index (κ2) is 6.41. The number of hydrogen-bond acceptors (Lipinski definition) is 2. The molecule has 106 valence electrons. The van der Waals surface area contributed by atoms with Gasteiger partial charge in [-0.05, 0) is 25.2 Å². The van der Waals surface area contributed by atoms with Crippen LogP contribution in [0, 0.1) is 11.8 Å². The molecule has 0 saturated heterocycles. The first kappa shape index (κ1) is 15.3. The van der Waals surface area contributed by atoms with Crippen LogP contribution >= 0.6 is 0 Å². The minimum absolute atomic E-state index is 0.109. The van der Waals surface area contributed by atoms with Gasteiger partial charge in [-0.15, -0.1) is 0 Å². The monoisotopic (exact) mass is 267 g/mol. The lowest BCUT2D eigenvalue weighted by Crippen LogP contribution is -2.38. The topological polar surface area (TPSA) is 63.3 Å². The Bertz CT molecular complexity index is 275. The van der Waals surface area contributed by atoms with Crippen LogP contribution in [0.5, 0.6) is 0 Å². The summed E-state index contributed by atoms with van der Waals surface area (Å²) in [6.45, 7) is 0. The van der Waals surface area contributed by atoms with Crippen LogP contribution in [-0.4, -0.2) is 23.3 Å². The normalized spacial score (nSPS) is 21.6. The van der Waals surface area contributed by atoms with E-state index in [0.29, 0.717) is 0 Å². The smallest absolute Gasteiger partial charge is 0.392 e. The van der Waals surface area contributed by atoms with Gasteiger partial charge in [-0.2, -0.15) is 13.2 Å². The Morgan fingerprint density at radius 3 is 2.28 bits per heavy atom. The maximum Gasteiger partial charge on any atom is 0.392 e. The van der Waals surface area contributed by atoms with Gasteiger partial charge in [0.1, 0.15) is 0 Å². The first-order chi connectivity index (χ1) is 8.30. The zero-order valence-corrected chi connectivity index (χ0v) is 10.2. The lowest BCUT2D eigenvalue weighted by Gasteiger charge is -2.30. The molecule has 1 fully saturated rings. The molecular weight excluding hydrogens is 247 g/mol. The number of hydrogen-bond donors (Lipinski definition) is 2. The van der Waals surface area contributed by atoms with Gasteiger partial charge >= 0.3 is 12.1 Å². The number of rotatable bonds is 5. The van der Waals surface area contributed by atoms with E-state index in [0.717, 1.165) is 32.1 Å². The molecule has 0 aromatic heterocycles. The first-order valence-corrected chi connectivity index (χ1v) is 6.34. The van der Waals surface area contributed by atoms with Crippen molar-refractivity contribution in [3.8, 4) is 0 Å². The minimum atomic E-state index is -4.48. The van der Waals surface area contributed by atoms with Crippen LogP contribution in [0.15, 0.2) is 0 Å². The third kappa shape index (κ3) is 4.84. The fraction of sp³-hybridized carbons (Fsp3) is 0.917. The van der Waals surface area contributed by atoms with Crippen molar-refractivity contribution in [2.45, 2.75) is 57.2 Å². The molecule has 0 bridgehead atoms. The Hall–Kier alpha value is -0.780. The highest BCUT2D eigenvalue weighted by atomic mass is 19.4. The third-order valence-corrected chi connectivity index (χ3v) is 3.70. The summed E-state index contributed by atoms with van der Waals surface area (Å²) in [6.07, 6.45) is -0.796. The van der Waals surface area contributed by atoms with E-state index in [2.05, 4.69) is 0 Å². The van der Waals surface area contributed by atoms with Crippen molar-refractivity contribution < 1.29 is 23.1 Å². The van der Waals surface area contributed by atoms with E-state index in [-0.39, 0.29) is 12.3 Å². The number of aliphatic carboxylic acids is 1. The van der Waals surface area contributed by atoms with Crippen molar-refractivity contribution in [1.82, 2.24) is 0 Å². The standard InChI is InChI=1S/C12H20F3NO2/c13-12(14,15)9(7-11(17)18)6-10(16)8-4-2-1-3-5-8/h8-10H,1-7,16H2,(H,17,18)/t9-,10+/m0/s1. The number of carboxylic acids is 1. The van der Waals surface area contributed by atoms with Crippen molar-refractivity contribution in [3.63, 3.8) is 0 Å². The largest absolute Gasteiger partial charge is 0.481 e. The van der Waals surface area contributed by atoms with Crippen LogP contribution in [0.25, 0.3) is 0 Å². The molecule has 0 aliphatic heterocycles. The predicted molar refractivity (Wildman–Crippen MR) is 61.0 cm³/mol. The lowest BCUT2D eigenvalue weighted by molar-refractivity contribution is -0.186. The Balaban J connectivity index is 2.55. The molecule has 18 heavy (non-hydrogen) atoms. The molecular formula is C12H20F3NO2. The Kier molecular flexibility index (Phi) is 5.44. The molecule has 0 spiro atoms. The van der Waals surface area contributed by atoms with E-state index >= 15 is 0 Å². The maximum atomic E-state index is 12.7. The fourth-order valence-electron chi connectivity index (χ4n) is 2.63. The molecule has 2 atom stereocenters. The molecule has 1 saturated carbocycles. The van der Waals surface area contributed by atoms with Crippen LogP contribution in [-0.2, 0) is 4.79 Å². The van der Waals surface area contributed by atoms with Crippen LogP contribution in [0.2, 0.25) is 0 Å². The molecule has 0 aromatic rings. The molecule has 1 aliphatic carbocycles. The summed E-state index contributed by atoms with van der Waals surface area (Å²) >= 11 is 0. The quantitative estimate of drug-likeness (QED) is 0.805. The number of carbonyl (C=O) groups is 1. The lowest BCUT2D eigenvalue weighted by atomic mass is 9.80. The number of alkyl halides is 3. The molecule has 0 aromatic carbocycles. The van der Waals surface area contributed by atoms with Crippen LogP contribution in [0.4, 0.5) is 13.2 Å². The summed E-state index contributed by atoms with van der Waals surface area (Å²) in [4.78, 5) is 10.5. The van der Waals surface area contributed by atoms with Crippen molar-refractivity contribution in [1.29, 1.82) is 0 Å². The van der Waals surface area contributed by atoms with E-state index in [1.54, 1.807) is 0 Å². The van der Waals surface area contributed by atoms with Gasteiger partial charge in [-0.1, -0.05) is 19.3 Å². The molecule has 0 radical (unpaired) electrons. The Morgan fingerprint density at radius 2 is 1.83 bits per heavy atom. The summed E-state index contributed by atoms with van der Waals surface area (Å²) < 4.78 is 38.1. The van der Waals surface area contributed by atoms with Gasteiger partial charge in [-0.3, -0.25) is 4.79 Å². The number of halogens is 3. The van der Waals surface area contributed by atoms with Crippen molar-refractivity contribution in [2.75, 3.05) is 0 Å². The number of carboxylic acid groups (broad SMARTS) is 1. The molecule has 3 nitrogen and oxygen atoms in total. The van der Waals surface area contributed by atoms with E-state index in [4.69, 9.17) is 10.8 Å². The number of nitrogens with two attached hydrogens (primary N) is 1. The minimum Gasteiger partial charge on any atom is -0.481 e. The van der Waals surface area contributed by atoms with Gasteiger partial charge in [0.25, 0.3) is 0 Å². The molecule has 6 heteroatoms. The van der Waals surface area contributed by atoms with Crippen molar-refractivity contribution in [2.24, 2.45) is 17.6 Å². The second-order valence-corrected chi connectivity index (χ2v) is 5.13. The van der Waals surface area contributed by atoms with Crippen LogP contribution in [0.3, 0.4) is 0 Å². The summed E-state index contributed by atoms with van der Waals surface area (Å²) in [6, 6.07) is -0.545. The SMILES string of the molecule is N[C@H](C[C@@H](CC(=O)O)C(F)(F)F)C1CCCCC1. The Morgan fingerprint density at radius 1 is 1.28 bits per heavy atom. The van der Waals surface area contributed by atoms with E-state index in [1.807, 2.05) is 0 Å². The zero-order chi connectivity index (χ0) is 13.8. The van der Waals surface area contributed by atoms with Gasteiger partial charge in [0, 0.05) is 6.04 Å². The van der Waals surface area contributed by atoms with Crippen LogP contribution < -0.4 is 5.73 Å². The van der Waals surface area contributed by atoms with E-state index < -0.39 is 30.5 Å². The molecule has 1 rings (SSSR count). The fourth-order valence-corrected chi connectivity index (χ4v) is 2.63. The van der Waals surface area contributed by atoms with Crippen LogP contribution in [0.1, 0.15) is 44.9 Å². The highest BCUT2D eigenvalue weighted by Crippen LogP contribution is 2.35. The average Bonchev–Trinajstić information content (AvgIpc) is 2.27. The highest BCUT2D eigenvalue weighted by Gasteiger charge is 2.42. The molecule has 0 amide bonds. The summed E-state index contributed by atoms with van der Waals surface area (Å²) in [5.41, 5.74) is 5.83. The summed E-state index contributed by atoms with van der Waals surface area (Å²) in [5, 5.41) is 8.53. The van der Waals surface area contributed by atoms with Crippen molar-refractivity contribution in [3.05, 3.63) is 0 Å². The second-order valence-electron chi connectivity index (χ2n) is 5.13. The van der Waals surface area contributed by atoms with Gasteiger partial charge in [-0.25, -0.2) is 0 Å². The molecule has 1 aliphatic rings. The van der Waals surface area contributed by atoms with Gasteiger partial charge in [0.2, 0.25) is 0 Å². The van der Waals surface area contributed by atoms with Gasteiger partial charge < -0.3 is 10.8 Å². The summed E-state index contributed by atoms with van der Waals surface area (Å²) in [5.74, 6) is -3.14. The summed E-state index contributed by atoms with van der Waals surface area (Å²) in [7, 11) is 0. The molecule has 0 unspecified atom stereocenters. The molecule has 0 heterocycles. The average molecular weight is 267 g/mol. The zero-order valence-electron chi connectivity index (χ0n) is 10.2. The molecule has 3 N–H and O–H groups in total. The van der Waals surface area contributed by atoms with E-state index in [9.17, 15) is 18.0 Å². The third-order valence-electron chi connectivity index (χ3n) is 3.70. The Labute approximate surface area is 105 Å².